The molecular formula is C17H20Br2N2O2. The summed E-state index contributed by atoms with van der Waals surface area (Å²) >= 11 is 6.85. The van der Waals surface area contributed by atoms with Gasteiger partial charge in [-0.05, 0) is 52.4 Å². The molecule has 0 bridgehead atoms. The molecule has 0 radical (unpaired) electrons. The van der Waals surface area contributed by atoms with Crippen molar-refractivity contribution in [1.82, 2.24) is 4.90 Å². The summed E-state index contributed by atoms with van der Waals surface area (Å²) in [5.41, 5.74) is 0.629. The van der Waals surface area contributed by atoms with E-state index in [0.717, 1.165) is 22.0 Å². The van der Waals surface area contributed by atoms with Crippen LogP contribution in [0.25, 0.3) is 0 Å². The Labute approximate surface area is 153 Å². The van der Waals surface area contributed by atoms with Crippen molar-refractivity contribution in [3.8, 4) is 0 Å². The molecule has 2 fully saturated rings. The van der Waals surface area contributed by atoms with Gasteiger partial charge in [-0.15, -0.1) is 0 Å². The van der Waals surface area contributed by atoms with Gasteiger partial charge in [0.1, 0.15) is 0 Å². The quantitative estimate of drug-likeness (QED) is 0.652. The first-order valence-electron chi connectivity index (χ1n) is 7.92. The molecule has 4 nitrogen and oxygen atoms in total. The minimum atomic E-state index is -0.316. The van der Waals surface area contributed by atoms with Gasteiger partial charge in [0.2, 0.25) is 5.91 Å². The first-order valence-corrected chi connectivity index (χ1v) is 9.51. The van der Waals surface area contributed by atoms with Crippen LogP contribution in [0.3, 0.4) is 0 Å². The van der Waals surface area contributed by atoms with Crippen LogP contribution in [0.15, 0.2) is 27.1 Å². The number of rotatable bonds is 2. The zero-order valence-corrected chi connectivity index (χ0v) is 16.4. The van der Waals surface area contributed by atoms with E-state index in [9.17, 15) is 9.59 Å². The summed E-state index contributed by atoms with van der Waals surface area (Å²) in [6.07, 6.45) is 1.47. The predicted molar refractivity (Wildman–Crippen MR) is 97.3 cm³/mol. The number of amides is 2. The highest BCUT2D eigenvalue weighted by Gasteiger charge is 2.44. The Balaban J connectivity index is 1.85. The highest BCUT2D eigenvalue weighted by molar-refractivity contribution is 9.11. The average Bonchev–Trinajstić information content (AvgIpc) is 2.74. The summed E-state index contributed by atoms with van der Waals surface area (Å²) in [5.74, 6) is 0.915. The fourth-order valence-corrected chi connectivity index (χ4v) is 5.01. The molecule has 2 amide bonds. The fraction of sp³-hybridized carbons (Fsp3) is 0.529. The molecule has 0 aromatic heterocycles. The molecule has 3 atom stereocenters. The number of carbonyl (C=O) groups excluding carboxylic acids is 2. The number of carbonyl (C=O) groups is 2. The lowest BCUT2D eigenvalue weighted by Crippen LogP contribution is -2.48. The highest BCUT2D eigenvalue weighted by atomic mass is 79.9. The lowest BCUT2D eigenvalue weighted by Gasteiger charge is -2.37. The van der Waals surface area contributed by atoms with Crippen LogP contribution in [0, 0.1) is 11.8 Å². The van der Waals surface area contributed by atoms with Crippen molar-refractivity contribution in [3.63, 3.8) is 0 Å². The molecule has 0 aliphatic carbocycles. The van der Waals surface area contributed by atoms with Crippen LogP contribution in [-0.2, 0) is 9.59 Å². The van der Waals surface area contributed by atoms with Crippen LogP contribution < -0.4 is 4.90 Å². The Bertz CT molecular complexity index is 639. The smallest absolute Gasteiger partial charge is 0.251 e. The number of likely N-dealkylation sites (tertiary alicyclic amines) is 1. The summed E-state index contributed by atoms with van der Waals surface area (Å²) in [4.78, 5) is 28.9. The van der Waals surface area contributed by atoms with Crippen LogP contribution in [0.2, 0.25) is 0 Å². The van der Waals surface area contributed by atoms with Crippen LogP contribution in [0.4, 0.5) is 5.69 Å². The third-order valence-electron chi connectivity index (χ3n) is 4.61. The van der Waals surface area contributed by atoms with Crippen LogP contribution in [0.5, 0.6) is 0 Å². The van der Waals surface area contributed by atoms with E-state index in [4.69, 9.17) is 0 Å². The molecule has 0 saturated carbocycles. The van der Waals surface area contributed by atoms with Gasteiger partial charge in [0.15, 0.2) is 0 Å². The Hall–Kier alpha value is -0.720. The second-order valence-corrected chi connectivity index (χ2v) is 8.55. The monoisotopic (exact) mass is 442 g/mol. The Morgan fingerprint density at radius 2 is 1.74 bits per heavy atom. The number of piperidine rings is 1. The molecule has 2 saturated heterocycles. The zero-order chi connectivity index (χ0) is 16.7. The average molecular weight is 444 g/mol. The van der Waals surface area contributed by atoms with Gasteiger partial charge in [0, 0.05) is 22.0 Å². The van der Waals surface area contributed by atoms with E-state index in [2.05, 4.69) is 50.6 Å². The SMILES string of the molecule is C[C@H]1C[C@H](C)CN([C@@H]2CC(=O)N(c3ccc(Br)cc3Br)C2=O)C1. The first-order chi connectivity index (χ1) is 10.9. The van der Waals surface area contributed by atoms with Crippen molar-refractivity contribution in [2.24, 2.45) is 11.8 Å². The molecule has 2 aliphatic heterocycles. The number of hydrogen-bond acceptors (Lipinski definition) is 3. The Morgan fingerprint density at radius 1 is 1.09 bits per heavy atom. The Kier molecular flexibility index (Phi) is 4.95. The van der Waals surface area contributed by atoms with Gasteiger partial charge < -0.3 is 0 Å². The zero-order valence-electron chi connectivity index (χ0n) is 13.3. The van der Waals surface area contributed by atoms with Crippen molar-refractivity contribution < 1.29 is 9.59 Å². The molecule has 2 heterocycles. The number of benzene rings is 1. The maximum atomic E-state index is 12.9. The van der Waals surface area contributed by atoms with E-state index in [1.807, 2.05) is 12.1 Å². The minimum absolute atomic E-state index is 0.0978. The van der Waals surface area contributed by atoms with E-state index in [-0.39, 0.29) is 24.3 Å². The van der Waals surface area contributed by atoms with Crippen LogP contribution >= 0.6 is 31.9 Å². The second-order valence-electron chi connectivity index (χ2n) is 6.78. The first kappa shape index (κ1) is 17.1. The molecule has 0 spiro atoms. The Morgan fingerprint density at radius 3 is 2.35 bits per heavy atom. The van der Waals surface area contributed by atoms with Gasteiger partial charge in [-0.2, -0.15) is 0 Å². The van der Waals surface area contributed by atoms with Crippen LogP contribution in [0.1, 0.15) is 26.7 Å². The lowest BCUT2D eigenvalue weighted by atomic mass is 9.90. The molecule has 0 N–H and O–H groups in total. The van der Waals surface area contributed by atoms with E-state index in [0.29, 0.717) is 17.5 Å². The topological polar surface area (TPSA) is 40.6 Å². The minimum Gasteiger partial charge on any atom is -0.291 e. The lowest BCUT2D eigenvalue weighted by molar-refractivity contribution is -0.123. The highest BCUT2D eigenvalue weighted by Crippen LogP contribution is 2.35. The summed E-state index contributed by atoms with van der Waals surface area (Å²) in [5, 5.41) is 0. The summed E-state index contributed by atoms with van der Waals surface area (Å²) in [6, 6.07) is 5.18. The molecule has 23 heavy (non-hydrogen) atoms. The van der Waals surface area contributed by atoms with Crippen molar-refractivity contribution >= 4 is 49.4 Å². The number of halogens is 2. The normalized spacial score (nSPS) is 29.4. The van der Waals surface area contributed by atoms with Crippen LogP contribution in [-0.4, -0.2) is 35.8 Å². The number of imide groups is 1. The molecular weight excluding hydrogens is 424 g/mol. The summed E-state index contributed by atoms with van der Waals surface area (Å²) in [6.45, 7) is 6.22. The molecule has 3 rings (SSSR count). The maximum Gasteiger partial charge on any atom is 0.251 e. The van der Waals surface area contributed by atoms with Crippen molar-refractivity contribution in [2.45, 2.75) is 32.7 Å². The third-order valence-corrected chi connectivity index (χ3v) is 5.74. The molecule has 0 unspecified atom stereocenters. The number of nitrogens with zero attached hydrogens (tertiary/aromatic N) is 2. The largest absolute Gasteiger partial charge is 0.291 e. The summed E-state index contributed by atoms with van der Waals surface area (Å²) < 4.78 is 1.65. The van der Waals surface area contributed by atoms with Crippen molar-refractivity contribution in [1.29, 1.82) is 0 Å². The van der Waals surface area contributed by atoms with Gasteiger partial charge in [-0.3, -0.25) is 14.5 Å². The van der Waals surface area contributed by atoms with E-state index in [1.165, 1.54) is 11.3 Å². The second kappa shape index (κ2) is 6.65. The fourth-order valence-electron chi connectivity index (χ4n) is 3.78. The van der Waals surface area contributed by atoms with Crippen molar-refractivity contribution in [2.75, 3.05) is 18.0 Å². The van der Waals surface area contributed by atoms with E-state index >= 15 is 0 Å². The molecule has 1 aromatic carbocycles. The van der Waals surface area contributed by atoms with Gasteiger partial charge in [-0.1, -0.05) is 29.8 Å². The molecule has 124 valence electrons. The van der Waals surface area contributed by atoms with Crippen molar-refractivity contribution in [3.05, 3.63) is 27.1 Å². The number of anilines is 1. The van der Waals surface area contributed by atoms with Gasteiger partial charge >= 0.3 is 0 Å². The summed E-state index contributed by atoms with van der Waals surface area (Å²) in [7, 11) is 0. The van der Waals surface area contributed by atoms with Gasteiger partial charge in [0.05, 0.1) is 18.2 Å². The standard InChI is InChI=1S/C17H20Br2N2O2/c1-10-5-11(2)9-20(8-10)15-7-16(22)21(17(15)23)14-4-3-12(18)6-13(14)19/h3-4,6,10-11,15H,5,7-9H2,1-2H3/t10-,11-,15+/m0/s1. The number of hydrogen-bond donors (Lipinski definition) is 0. The van der Waals surface area contributed by atoms with Gasteiger partial charge in [-0.25, -0.2) is 4.90 Å². The predicted octanol–water partition coefficient (Wildman–Crippen LogP) is 3.82. The molecule has 2 aliphatic rings. The van der Waals surface area contributed by atoms with E-state index < -0.39 is 0 Å². The van der Waals surface area contributed by atoms with E-state index in [1.54, 1.807) is 6.07 Å². The molecule has 1 aromatic rings. The molecule has 6 heteroatoms. The van der Waals surface area contributed by atoms with Gasteiger partial charge in [0.25, 0.3) is 5.91 Å². The maximum absolute atomic E-state index is 12.9. The third kappa shape index (κ3) is 3.39.